The van der Waals surface area contributed by atoms with Crippen LogP contribution in [0.5, 0.6) is 0 Å². The van der Waals surface area contributed by atoms with Crippen LogP contribution >= 0.6 is 11.6 Å². The summed E-state index contributed by atoms with van der Waals surface area (Å²) >= 11 is 6.12. The molecule has 20 heavy (non-hydrogen) atoms. The number of H-pyrrole nitrogens is 1. The molecule has 0 radical (unpaired) electrons. The molecule has 0 unspecified atom stereocenters. The Balaban J connectivity index is 1.93. The first kappa shape index (κ1) is 14.5. The summed E-state index contributed by atoms with van der Waals surface area (Å²) < 4.78 is 5.26. The maximum absolute atomic E-state index is 12.0. The first-order valence-electron chi connectivity index (χ1n) is 6.51. The Morgan fingerprint density at radius 1 is 1.45 bits per heavy atom. The number of aromatic nitrogens is 1. The average Bonchev–Trinajstić information content (AvgIpc) is 2.88. The van der Waals surface area contributed by atoms with Crippen LogP contribution in [-0.2, 0) is 4.74 Å². The van der Waals surface area contributed by atoms with Gasteiger partial charge in [0, 0.05) is 23.6 Å². The molecule has 0 aliphatic carbocycles. The standard InChI is InChI=1S/C15H17ClN2O2/c1-2-17-8-3-4-9-20-15(19)11-10-18-13-7-5-6-12(16)14(11)13/h2,5-7,10,17-18H,1,3-4,8-9H2. The molecule has 0 aliphatic rings. The molecule has 0 aliphatic heterocycles. The third-order valence-corrected chi connectivity index (χ3v) is 3.28. The molecular formula is C15H17ClN2O2. The molecule has 2 aromatic rings. The van der Waals surface area contributed by atoms with Crippen LogP contribution in [-0.4, -0.2) is 24.1 Å². The molecule has 0 fully saturated rings. The van der Waals surface area contributed by atoms with Crippen molar-refractivity contribution in [2.24, 2.45) is 0 Å². The Morgan fingerprint density at radius 3 is 3.10 bits per heavy atom. The summed E-state index contributed by atoms with van der Waals surface area (Å²) in [6, 6.07) is 5.47. The predicted octanol–water partition coefficient (Wildman–Crippen LogP) is 3.49. The molecule has 0 saturated carbocycles. The number of nitrogens with one attached hydrogen (secondary N) is 2. The van der Waals surface area contributed by atoms with Gasteiger partial charge in [0.2, 0.25) is 0 Å². The number of hydrogen-bond donors (Lipinski definition) is 2. The molecule has 0 saturated heterocycles. The zero-order chi connectivity index (χ0) is 14.4. The number of rotatable bonds is 7. The number of ether oxygens (including phenoxy) is 1. The highest BCUT2D eigenvalue weighted by atomic mass is 35.5. The summed E-state index contributed by atoms with van der Waals surface area (Å²) in [5.74, 6) is -0.346. The number of carbonyl (C=O) groups is 1. The minimum atomic E-state index is -0.346. The largest absolute Gasteiger partial charge is 0.462 e. The third kappa shape index (κ3) is 3.33. The van der Waals surface area contributed by atoms with Crippen LogP contribution in [0.3, 0.4) is 0 Å². The summed E-state index contributed by atoms with van der Waals surface area (Å²) in [5.41, 5.74) is 1.31. The van der Waals surface area contributed by atoms with Gasteiger partial charge in [-0.1, -0.05) is 24.2 Å². The predicted molar refractivity (Wildman–Crippen MR) is 81.0 cm³/mol. The van der Waals surface area contributed by atoms with Crippen LogP contribution in [0.1, 0.15) is 23.2 Å². The highest BCUT2D eigenvalue weighted by Gasteiger charge is 2.15. The van der Waals surface area contributed by atoms with Crippen LogP contribution < -0.4 is 5.32 Å². The van der Waals surface area contributed by atoms with Crippen molar-refractivity contribution in [3.05, 3.63) is 47.8 Å². The molecular weight excluding hydrogens is 276 g/mol. The molecule has 0 spiro atoms. The van der Waals surface area contributed by atoms with E-state index in [2.05, 4.69) is 16.9 Å². The summed E-state index contributed by atoms with van der Waals surface area (Å²) in [7, 11) is 0. The van der Waals surface area contributed by atoms with Gasteiger partial charge in [0.1, 0.15) is 0 Å². The van der Waals surface area contributed by atoms with E-state index in [0.29, 0.717) is 22.6 Å². The van der Waals surface area contributed by atoms with Crippen molar-refractivity contribution in [1.29, 1.82) is 0 Å². The quantitative estimate of drug-likeness (QED) is 0.607. The molecule has 106 valence electrons. The number of hydrogen-bond acceptors (Lipinski definition) is 3. The van der Waals surface area contributed by atoms with Gasteiger partial charge in [-0.15, -0.1) is 0 Å². The number of aromatic amines is 1. The van der Waals surface area contributed by atoms with Crippen LogP contribution in [0.25, 0.3) is 10.9 Å². The Hall–Kier alpha value is -1.94. The van der Waals surface area contributed by atoms with Gasteiger partial charge in [0.05, 0.1) is 17.2 Å². The van der Waals surface area contributed by atoms with Crippen molar-refractivity contribution in [1.82, 2.24) is 10.3 Å². The van der Waals surface area contributed by atoms with Gasteiger partial charge in [0.15, 0.2) is 0 Å². The molecule has 0 bridgehead atoms. The molecule has 2 N–H and O–H groups in total. The summed E-state index contributed by atoms with van der Waals surface area (Å²) in [4.78, 5) is 15.1. The van der Waals surface area contributed by atoms with E-state index in [0.717, 1.165) is 24.9 Å². The third-order valence-electron chi connectivity index (χ3n) is 2.97. The molecule has 0 amide bonds. The van der Waals surface area contributed by atoms with Gasteiger partial charge < -0.3 is 15.0 Å². The lowest BCUT2D eigenvalue weighted by Crippen LogP contribution is -2.10. The van der Waals surface area contributed by atoms with Crippen molar-refractivity contribution in [2.45, 2.75) is 12.8 Å². The lowest BCUT2D eigenvalue weighted by molar-refractivity contribution is 0.0501. The summed E-state index contributed by atoms with van der Waals surface area (Å²) in [6.45, 7) is 4.80. The fourth-order valence-electron chi connectivity index (χ4n) is 1.98. The number of esters is 1. The second-order valence-electron chi connectivity index (χ2n) is 4.37. The van der Waals surface area contributed by atoms with Gasteiger partial charge in [-0.25, -0.2) is 4.79 Å². The van der Waals surface area contributed by atoms with Gasteiger partial charge in [-0.3, -0.25) is 0 Å². The lowest BCUT2D eigenvalue weighted by atomic mass is 10.2. The fourth-order valence-corrected chi connectivity index (χ4v) is 2.25. The number of unbranched alkanes of at least 4 members (excludes halogenated alkanes) is 1. The smallest absolute Gasteiger partial charge is 0.340 e. The van der Waals surface area contributed by atoms with Crippen LogP contribution in [0.4, 0.5) is 0 Å². The highest BCUT2D eigenvalue weighted by molar-refractivity contribution is 6.36. The minimum absolute atomic E-state index is 0.346. The van der Waals surface area contributed by atoms with E-state index in [1.807, 2.05) is 12.1 Å². The molecule has 4 nitrogen and oxygen atoms in total. The number of fused-ring (bicyclic) bond motifs is 1. The van der Waals surface area contributed by atoms with E-state index in [4.69, 9.17) is 16.3 Å². The Bertz CT molecular complexity index is 607. The SMILES string of the molecule is C=CNCCCCOC(=O)c1c[nH]c2cccc(Cl)c12. The number of carbonyl (C=O) groups excluding carboxylic acids is 1. The van der Waals surface area contributed by atoms with E-state index < -0.39 is 0 Å². The van der Waals surface area contributed by atoms with E-state index in [1.165, 1.54) is 0 Å². The van der Waals surface area contributed by atoms with Crippen molar-refractivity contribution in [3.63, 3.8) is 0 Å². The van der Waals surface area contributed by atoms with E-state index >= 15 is 0 Å². The monoisotopic (exact) mass is 292 g/mol. The molecule has 1 aromatic heterocycles. The first-order valence-corrected chi connectivity index (χ1v) is 6.89. The first-order chi connectivity index (χ1) is 9.74. The second kappa shape index (κ2) is 7.01. The maximum atomic E-state index is 12.0. The second-order valence-corrected chi connectivity index (χ2v) is 4.77. The number of benzene rings is 1. The molecule has 1 aromatic carbocycles. The molecule has 1 heterocycles. The normalized spacial score (nSPS) is 10.4. The van der Waals surface area contributed by atoms with Crippen molar-refractivity contribution in [2.75, 3.05) is 13.2 Å². The molecule has 0 atom stereocenters. The molecule has 5 heteroatoms. The van der Waals surface area contributed by atoms with Crippen LogP contribution in [0.2, 0.25) is 5.02 Å². The van der Waals surface area contributed by atoms with Gasteiger partial charge in [0.25, 0.3) is 0 Å². The van der Waals surface area contributed by atoms with Crippen molar-refractivity contribution < 1.29 is 9.53 Å². The lowest BCUT2D eigenvalue weighted by Gasteiger charge is -2.04. The van der Waals surface area contributed by atoms with Gasteiger partial charge in [-0.2, -0.15) is 0 Å². The van der Waals surface area contributed by atoms with Gasteiger partial charge in [-0.05, 0) is 31.2 Å². The summed E-state index contributed by atoms with van der Waals surface area (Å²) in [6.07, 6.45) is 5.02. The van der Waals surface area contributed by atoms with Crippen LogP contribution in [0, 0.1) is 0 Å². The van der Waals surface area contributed by atoms with Crippen molar-refractivity contribution in [3.8, 4) is 0 Å². The highest BCUT2D eigenvalue weighted by Crippen LogP contribution is 2.26. The maximum Gasteiger partial charge on any atom is 0.340 e. The van der Waals surface area contributed by atoms with Crippen molar-refractivity contribution >= 4 is 28.5 Å². The summed E-state index contributed by atoms with van der Waals surface area (Å²) in [5, 5.41) is 4.26. The Labute approximate surface area is 122 Å². The zero-order valence-electron chi connectivity index (χ0n) is 11.1. The van der Waals surface area contributed by atoms with Crippen LogP contribution in [0.15, 0.2) is 37.2 Å². The topological polar surface area (TPSA) is 54.1 Å². The van der Waals surface area contributed by atoms with E-state index in [9.17, 15) is 4.79 Å². The average molecular weight is 293 g/mol. The van der Waals surface area contributed by atoms with Gasteiger partial charge >= 0.3 is 5.97 Å². The van der Waals surface area contributed by atoms with E-state index in [-0.39, 0.29) is 5.97 Å². The zero-order valence-corrected chi connectivity index (χ0v) is 11.9. The van der Waals surface area contributed by atoms with E-state index in [1.54, 1.807) is 18.5 Å². The minimum Gasteiger partial charge on any atom is -0.462 e. The molecule has 2 rings (SSSR count). The Morgan fingerprint density at radius 2 is 2.30 bits per heavy atom. The number of halogens is 1. The fraction of sp³-hybridized carbons (Fsp3) is 0.267. The Kier molecular flexibility index (Phi) is 5.07.